The Hall–Kier alpha value is -1.72. The molecule has 2 aliphatic heterocycles. The van der Waals surface area contributed by atoms with Crippen LogP contribution in [0.1, 0.15) is 36.8 Å². The molecule has 2 heterocycles. The van der Waals surface area contributed by atoms with Gasteiger partial charge in [0.15, 0.2) is 0 Å². The van der Waals surface area contributed by atoms with E-state index < -0.39 is 10.0 Å². The zero-order valence-corrected chi connectivity index (χ0v) is 23.8. The Balaban J connectivity index is 1.22. The van der Waals surface area contributed by atoms with Gasteiger partial charge in [-0.1, -0.05) is 0 Å². The number of carbonyl (C=O) groups excluding carboxylic acids is 1. The van der Waals surface area contributed by atoms with Gasteiger partial charge in [0, 0.05) is 58.4 Å². The number of hydrogen-bond donors (Lipinski definition) is 0. The Morgan fingerprint density at radius 3 is 2.19 bits per heavy atom. The number of sulfonamides is 1. The molecule has 0 N–H and O–H groups in total. The number of nitrogens with zero attached hydrogens (tertiary/aromatic N) is 4. The second-order valence-corrected chi connectivity index (χ2v) is 12.7. The van der Waals surface area contributed by atoms with Crippen LogP contribution in [0.3, 0.4) is 0 Å². The van der Waals surface area contributed by atoms with E-state index in [1.165, 1.54) is 0 Å². The highest BCUT2D eigenvalue weighted by Gasteiger charge is 2.39. The van der Waals surface area contributed by atoms with Gasteiger partial charge in [-0.2, -0.15) is 4.31 Å². The van der Waals surface area contributed by atoms with Crippen LogP contribution in [-0.2, 0) is 19.6 Å². The second-order valence-electron chi connectivity index (χ2n) is 10.9. The molecule has 0 aromatic heterocycles. The summed E-state index contributed by atoms with van der Waals surface area (Å²) >= 11 is 0. The highest BCUT2D eigenvalue weighted by Crippen LogP contribution is 2.35. The first kappa shape index (κ1) is 28.3. The van der Waals surface area contributed by atoms with Crippen molar-refractivity contribution in [3.63, 3.8) is 0 Å². The van der Waals surface area contributed by atoms with Crippen molar-refractivity contribution < 1.29 is 22.7 Å². The van der Waals surface area contributed by atoms with E-state index in [1.54, 1.807) is 37.4 Å². The summed E-state index contributed by atoms with van der Waals surface area (Å²) in [5, 5.41) is 0. The molecule has 4 rings (SSSR count). The predicted molar refractivity (Wildman–Crippen MR) is 143 cm³/mol. The molecule has 9 nitrogen and oxygen atoms in total. The van der Waals surface area contributed by atoms with Crippen LogP contribution in [0.2, 0.25) is 0 Å². The van der Waals surface area contributed by atoms with Gasteiger partial charge in [0.1, 0.15) is 12.4 Å². The van der Waals surface area contributed by atoms with Crippen molar-refractivity contribution in [1.82, 2.24) is 19.0 Å². The maximum atomic E-state index is 13.6. The fourth-order valence-corrected chi connectivity index (χ4v) is 7.66. The molecule has 1 amide bonds. The highest BCUT2D eigenvalue weighted by atomic mass is 32.2. The van der Waals surface area contributed by atoms with Crippen LogP contribution >= 0.6 is 0 Å². The minimum absolute atomic E-state index is 0.000666. The van der Waals surface area contributed by atoms with E-state index in [4.69, 9.17) is 9.47 Å². The van der Waals surface area contributed by atoms with Gasteiger partial charge in [-0.3, -0.25) is 4.79 Å². The van der Waals surface area contributed by atoms with E-state index in [0.29, 0.717) is 27.7 Å². The number of benzene rings is 1. The first-order chi connectivity index (χ1) is 17.7. The third kappa shape index (κ3) is 7.23. The molecule has 3 fully saturated rings. The van der Waals surface area contributed by atoms with E-state index >= 15 is 0 Å². The number of aryl methyl sites for hydroxylation is 2. The maximum Gasteiger partial charge on any atom is 0.248 e. The van der Waals surface area contributed by atoms with Crippen molar-refractivity contribution in [3.05, 3.63) is 23.3 Å². The molecule has 1 saturated carbocycles. The number of ether oxygens (including phenoxy) is 2. The topological polar surface area (TPSA) is 82.6 Å². The molecule has 0 bridgehead atoms. The van der Waals surface area contributed by atoms with Crippen LogP contribution in [0.25, 0.3) is 0 Å². The number of methoxy groups -OCH3 is 1. The Labute approximate surface area is 222 Å². The molecule has 10 heteroatoms. The van der Waals surface area contributed by atoms with Crippen molar-refractivity contribution in [2.45, 2.75) is 50.5 Å². The Morgan fingerprint density at radius 2 is 1.62 bits per heavy atom. The number of amides is 1. The van der Waals surface area contributed by atoms with Crippen molar-refractivity contribution in [2.24, 2.45) is 5.92 Å². The number of likely N-dealkylation sites (N-methyl/N-ethyl adjacent to an activating group) is 1. The predicted octanol–water partition coefficient (Wildman–Crippen LogP) is 1.97. The molecule has 1 aromatic carbocycles. The smallest absolute Gasteiger partial charge is 0.248 e. The highest BCUT2D eigenvalue weighted by molar-refractivity contribution is 7.89. The van der Waals surface area contributed by atoms with Gasteiger partial charge in [0.25, 0.3) is 0 Å². The van der Waals surface area contributed by atoms with Gasteiger partial charge < -0.3 is 24.2 Å². The van der Waals surface area contributed by atoms with E-state index in [1.807, 2.05) is 4.90 Å². The molecule has 3 aliphatic rings. The normalized spacial score (nSPS) is 20.5. The van der Waals surface area contributed by atoms with Crippen LogP contribution in [0.15, 0.2) is 17.0 Å². The van der Waals surface area contributed by atoms with Gasteiger partial charge in [0.2, 0.25) is 15.9 Å². The van der Waals surface area contributed by atoms with Crippen molar-refractivity contribution >= 4 is 15.9 Å². The summed E-state index contributed by atoms with van der Waals surface area (Å²) in [6, 6.07) is 3.52. The van der Waals surface area contributed by atoms with E-state index in [9.17, 15) is 13.2 Å². The maximum absolute atomic E-state index is 13.6. The molecule has 208 valence electrons. The number of hydrogen-bond acceptors (Lipinski definition) is 7. The summed E-state index contributed by atoms with van der Waals surface area (Å²) in [5.74, 6) is 1.30. The van der Waals surface area contributed by atoms with Gasteiger partial charge >= 0.3 is 0 Å². The lowest BCUT2D eigenvalue weighted by Crippen LogP contribution is -2.48. The van der Waals surface area contributed by atoms with Crippen molar-refractivity contribution in [2.75, 3.05) is 79.7 Å². The van der Waals surface area contributed by atoms with Crippen LogP contribution in [0.5, 0.6) is 5.75 Å². The third-order valence-corrected chi connectivity index (χ3v) is 10.2. The molecular weight excluding hydrogens is 492 g/mol. The Kier molecular flexibility index (Phi) is 9.50. The first-order valence-electron chi connectivity index (χ1n) is 13.6. The Bertz CT molecular complexity index is 1010. The van der Waals surface area contributed by atoms with Gasteiger partial charge in [0.05, 0.1) is 18.6 Å². The molecule has 37 heavy (non-hydrogen) atoms. The standard InChI is InChI=1S/C27H44N4O5S/c1-21-17-25(35-4)18-22(2)27(21)37(33,34)31(24-5-6-24)15-16-36-20-26(32)30-9-7-23(8-10-30)19-29-13-11-28(3)12-14-29/h17-18,23-24H,5-16,19-20H2,1-4H3. The summed E-state index contributed by atoms with van der Waals surface area (Å²) in [7, 11) is 0.0819. The number of piperidine rings is 1. The second kappa shape index (κ2) is 12.4. The van der Waals surface area contributed by atoms with Crippen molar-refractivity contribution in [3.8, 4) is 5.75 Å². The summed E-state index contributed by atoms with van der Waals surface area (Å²) in [6.45, 7) is 11.3. The minimum atomic E-state index is -3.67. The van der Waals surface area contributed by atoms with Gasteiger partial charge in [-0.05, 0) is 75.8 Å². The lowest BCUT2D eigenvalue weighted by atomic mass is 9.96. The van der Waals surface area contributed by atoms with Crippen LogP contribution in [-0.4, -0.2) is 119 Å². The SMILES string of the molecule is COc1cc(C)c(S(=O)(=O)N(CCOCC(=O)N2CCC(CN3CCN(C)CC3)CC2)C2CC2)c(C)c1. The number of carbonyl (C=O) groups is 1. The number of rotatable bonds is 11. The molecule has 0 unspecified atom stereocenters. The molecule has 0 radical (unpaired) electrons. The van der Waals surface area contributed by atoms with Crippen LogP contribution in [0, 0.1) is 19.8 Å². The molecular formula is C27H44N4O5S. The summed E-state index contributed by atoms with van der Waals surface area (Å²) in [5.41, 5.74) is 1.35. The molecule has 0 atom stereocenters. The van der Waals surface area contributed by atoms with Crippen molar-refractivity contribution in [1.29, 1.82) is 0 Å². The fraction of sp³-hybridized carbons (Fsp3) is 0.741. The summed E-state index contributed by atoms with van der Waals surface area (Å²) < 4.78 is 39.7. The first-order valence-corrected chi connectivity index (χ1v) is 15.1. The molecule has 2 saturated heterocycles. The summed E-state index contributed by atoms with van der Waals surface area (Å²) in [4.78, 5) is 19.9. The van der Waals surface area contributed by atoms with E-state index in [-0.39, 0.29) is 31.7 Å². The Morgan fingerprint density at radius 1 is 1.00 bits per heavy atom. The average Bonchev–Trinajstić information content (AvgIpc) is 3.70. The van der Waals surface area contributed by atoms with E-state index in [2.05, 4.69) is 16.8 Å². The number of piperazine rings is 1. The lowest BCUT2D eigenvalue weighted by Gasteiger charge is -2.38. The van der Waals surface area contributed by atoms with Gasteiger partial charge in [-0.25, -0.2) is 8.42 Å². The van der Waals surface area contributed by atoms with Crippen LogP contribution < -0.4 is 4.74 Å². The quantitative estimate of drug-likeness (QED) is 0.400. The minimum Gasteiger partial charge on any atom is -0.497 e. The zero-order valence-electron chi connectivity index (χ0n) is 22.9. The van der Waals surface area contributed by atoms with Crippen LogP contribution in [0.4, 0.5) is 0 Å². The zero-order chi connectivity index (χ0) is 26.6. The fourth-order valence-electron chi connectivity index (χ4n) is 5.58. The van der Waals surface area contributed by atoms with E-state index in [0.717, 1.165) is 71.5 Å². The summed E-state index contributed by atoms with van der Waals surface area (Å²) in [6.07, 6.45) is 3.78. The molecule has 1 aromatic rings. The third-order valence-electron chi connectivity index (χ3n) is 7.95. The molecule has 0 spiro atoms. The molecule has 1 aliphatic carbocycles. The number of likely N-dealkylation sites (tertiary alicyclic amines) is 1. The largest absolute Gasteiger partial charge is 0.497 e. The monoisotopic (exact) mass is 536 g/mol. The average molecular weight is 537 g/mol. The lowest BCUT2D eigenvalue weighted by molar-refractivity contribution is -0.137. The van der Waals surface area contributed by atoms with Gasteiger partial charge in [-0.15, -0.1) is 0 Å².